The number of hydrogen-bond acceptors (Lipinski definition) is 4. The summed E-state index contributed by atoms with van der Waals surface area (Å²) in [6, 6.07) is 7.60. The number of ketones is 1. The molecule has 0 aromatic carbocycles. The number of hydrogen-bond donors (Lipinski definition) is 1. The second kappa shape index (κ2) is 6.24. The Labute approximate surface area is 123 Å². The fraction of sp³-hybridized carbons (Fsp3) is 0.118. The summed E-state index contributed by atoms with van der Waals surface area (Å²) in [5, 5.41) is 3.26. The highest BCUT2D eigenvalue weighted by Crippen LogP contribution is 2.16. The van der Waals surface area contributed by atoms with Gasteiger partial charge in [0.15, 0.2) is 5.78 Å². The first-order valence-electron chi connectivity index (χ1n) is 6.79. The molecule has 1 aliphatic rings. The molecule has 3 heterocycles. The summed E-state index contributed by atoms with van der Waals surface area (Å²) in [4.78, 5) is 20.6. The SMILES string of the molecule is O=C1/C(=C\c2cccnc2)CNC/C1=C\c1cccnc1. The van der Waals surface area contributed by atoms with E-state index in [0.717, 1.165) is 22.3 Å². The number of rotatable bonds is 2. The molecule has 0 amide bonds. The van der Waals surface area contributed by atoms with Crippen LogP contribution in [0.25, 0.3) is 12.2 Å². The molecular weight excluding hydrogens is 262 g/mol. The fourth-order valence-electron chi connectivity index (χ4n) is 2.26. The zero-order valence-corrected chi connectivity index (χ0v) is 11.5. The van der Waals surface area contributed by atoms with Gasteiger partial charge in [-0.25, -0.2) is 0 Å². The van der Waals surface area contributed by atoms with E-state index in [4.69, 9.17) is 0 Å². The minimum absolute atomic E-state index is 0.0847. The quantitative estimate of drug-likeness (QED) is 0.854. The number of carbonyl (C=O) groups is 1. The number of pyridine rings is 2. The molecule has 0 radical (unpaired) electrons. The molecule has 4 heteroatoms. The molecule has 21 heavy (non-hydrogen) atoms. The number of piperidine rings is 1. The Hall–Kier alpha value is -2.59. The molecular formula is C17H15N3O. The summed E-state index contributed by atoms with van der Waals surface area (Å²) < 4.78 is 0. The third kappa shape index (κ3) is 3.30. The number of nitrogens with zero attached hydrogens (tertiary/aromatic N) is 2. The lowest BCUT2D eigenvalue weighted by Crippen LogP contribution is -2.32. The van der Waals surface area contributed by atoms with Gasteiger partial charge in [0.1, 0.15) is 0 Å². The molecule has 4 nitrogen and oxygen atoms in total. The third-order valence-electron chi connectivity index (χ3n) is 3.26. The Kier molecular flexibility index (Phi) is 3.98. The van der Waals surface area contributed by atoms with E-state index in [9.17, 15) is 4.79 Å². The molecule has 0 aliphatic carbocycles. The highest BCUT2D eigenvalue weighted by molar-refractivity contribution is 6.14. The van der Waals surface area contributed by atoms with Gasteiger partial charge < -0.3 is 5.32 Å². The number of aromatic nitrogens is 2. The van der Waals surface area contributed by atoms with Crippen LogP contribution in [-0.4, -0.2) is 28.8 Å². The van der Waals surface area contributed by atoms with Crippen molar-refractivity contribution in [2.24, 2.45) is 0 Å². The van der Waals surface area contributed by atoms with Crippen LogP contribution in [0.3, 0.4) is 0 Å². The van der Waals surface area contributed by atoms with Crippen molar-refractivity contribution in [2.75, 3.05) is 13.1 Å². The van der Waals surface area contributed by atoms with Crippen LogP contribution in [0.2, 0.25) is 0 Å². The van der Waals surface area contributed by atoms with Gasteiger partial charge in [-0.2, -0.15) is 0 Å². The molecule has 0 unspecified atom stereocenters. The van der Waals surface area contributed by atoms with Crippen LogP contribution in [-0.2, 0) is 4.79 Å². The van der Waals surface area contributed by atoms with Crippen LogP contribution in [0.4, 0.5) is 0 Å². The van der Waals surface area contributed by atoms with Gasteiger partial charge in [-0.05, 0) is 35.4 Å². The van der Waals surface area contributed by atoms with Crippen molar-refractivity contribution >= 4 is 17.9 Å². The van der Waals surface area contributed by atoms with Crippen LogP contribution >= 0.6 is 0 Å². The van der Waals surface area contributed by atoms with Crippen molar-refractivity contribution in [1.82, 2.24) is 15.3 Å². The zero-order valence-electron chi connectivity index (χ0n) is 11.5. The minimum Gasteiger partial charge on any atom is -0.308 e. The Morgan fingerprint density at radius 2 is 1.43 bits per heavy atom. The van der Waals surface area contributed by atoms with Gasteiger partial charge in [0.25, 0.3) is 0 Å². The second-order valence-electron chi connectivity index (χ2n) is 4.84. The van der Waals surface area contributed by atoms with Crippen LogP contribution in [0, 0.1) is 0 Å². The summed E-state index contributed by atoms with van der Waals surface area (Å²) >= 11 is 0. The Bertz CT molecular complexity index is 631. The van der Waals surface area contributed by atoms with Gasteiger partial charge in [-0.15, -0.1) is 0 Å². The summed E-state index contributed by atoms with van der Waals surface area (Å²) in [5.74, 6) is 0.0847. The third-order valence-corrected chi connectivity index (χ3v) is 3.26. The lowest BCUT2D eigenvalue weighted by atomic mass is 9.96. The van der Waals surface area contributed by atoms with Crippen molar-refractivity contribution in [3.63, 3.8) is 0 Å². The minimum atomic E-state index is 0.0847. The maximum Gasteiger partial charge on any atom is 0.187 e. The molecule has 0 spiro atoms. The van der Waals surface area contributed by atoms with E-state index in [0.29, 0.717) is 13.1 Å². The van der Waals surface area contributed by atoms with Crippen LogP contribution in [0.5, 0.6) is 0 Å². The number of Topliss-reactive ketones (excluding diaryl/α,β-unsaturated/α-hetero) is 1. The molecule has 0 atom stereocenters. The topological polar surface area (TPSA) is 54.9 Å². The molecule has 3 rings (SSSR count). The number of nitrogens with one attached hydrogen (secondary N) is 1. The van der Waals surface area contributed by atoms with E-state index in [1.54, 1.807) is 24.8 Å². The lowest BCUT2D eigenvalue weighted by Gasteiger charge is -2.18. The van der Waals surface area contributed by atoms with E-state index < -0.39 is 0 Å². The van der Waals surface area contributed by atoms with E-state index in [1.165, 1.54) is 0 Å². The van der Waals surface area contributed by atoms with E-state index >= 15 is 0 Å². The number of carbonyl (C=O) groups excluding carboxylic acids is 1. The predicted molar refractivity (Wildman–Crippen MR) is 82.3 cm³/mol. The molecule has 2 aromatic heterocycles. The summed E-state index contributed by atoms with van der Waals surface area (Å²) in [7, 11) is 0. The van der Waals surface area contributed by atoms with Crippen molar-refractivity contribution in [3.05, 3.63) is 71.3 Å². The normalized spacial score (nSPS) is 19.1. The summed E-state index contributed by atoms with van der Waals surface area (Å²) in [5.41, 5.74) is 3.38. The molecule has 1 saturated heterocycles. The molecule has 104 valence electrons. The Morgan fingerprint density at radius 3 is 1.86 bits per heavy atom. The van der Waals surface area contributed by atoms with Gasteiger partial charge >= 0.3 is 0 Å². The first-order chi connectivity index (χ1) is 10.3. The van der Waals surface area contributed by atoms with Gasteiger partial charge in [0, 0.05) is 49.0 Å². The van der Waals surface area contributed by atoms with Gasteiger partial charge in [0.05, 0.1) is 0 Å². The largest absolute Gasteiger partial charge is 0.308 e. The van der Waals surface area contributed by atoms with E-state index in [-0.39, 0.29) is 5.78 Å². The highest BCUT2D eigenvalue weighted by atomic mass is 16.1. The predicted octanol–water partition coefficient (Wildman–Crippen LogP) is 2.12. The zero-order chi connectivity index (χ0) is 14.5. The smallest absolute Gasteiger partial charge is 0.187 e. The maximum absolute atomic E-state index is 12.5. The second-order valence-corrected chi connectivity index (χ2v) is 4.84. The molecule has 1 aliphatic heterocycles. The Balaban J connectivity index is 1.88. The van der Waals surface area contributed by atoms with Crippen molar-refractivity contribution < 1.29 is 4.79 Å². The molecule has 0 saturated carbocycles. The summed E-state index contributed by atoms with van der Waals surface area (Å²) in [6.45, 7) is 1.16. The van der Waals surface area contributed by atoms with Gasteiger partial charge in [0.2, 0.25) is 0 Å². The first kappa shape index (κ1) is 13.4. The van der Waals surface area contributed by atoms with Crippen molar-refractivity contribution in [3.8, 4) is 0 Å². The van der Waals surface area contributed by atoms with E-state index in [2.05, 4.69) is 15.3 Å². The first-order valence-corrected chi connectivity index (χ1v) is 6.79. The van der Waals surface area contributed by atoms with Crippen molar-refractivity contribution in [1.29, 1.82) is 0 Å². The maximum atomic E-state index is 12.5. The van der Waals surface area contributed by atoms with Crippen LogP contribution in [0.15, 0.2) is 60.2 Å². The standard InChI is InChI=1S/C17H15N3O/c21-17-15(7-13-3-1-5-18-9-13)11-20-12-16(17)8-14-4-2-6-19-10-14/h1-10,20H,11-12H2/b15-7-,16-8+. The molecule has 1 fully saturated rings. The summed E-state index contributed by atoms with van der Waals surface area (Å²) in [6.07, 6.45) is 10.7. The van der Waals surface area contributed by atoms with Crippen LogP contribution < -0.4 is 5.32 Å². The van der Waals surface area contributed by atoms with Crippen molar-refractivity contribution in [2.45, 2.75) is 0 Å². The molecule has 1 N–H and O–H groups in total. The molecule has 0 bridgehead atoms. The van der Waals surface area contributed by atoms with Crippen LogP contribution in [0.1, 0.15) is 11.1 Å². The fourth-order valence-corrected chi connectivity index (χ4v) is 2.26. The molecule has 2 aromatic rings. The van der Waals surface area contributed by atoms with Gasteiger partial charge in [-0.3, -0.25) is 14.8 Å². The Morgan fingerprint density at radius 1 is 0.905 bits per heavy atom. The highest BCUT2D eigenvalue weighted by Gasteiger charge is 2.19. The average Bonchev–Trinajstić information content (AvgIpc) is 2.53. The average molecular weight is 277 g/mol. The van der Waals surface area contributed by atoms with E-state index in [1.807, 2.05) is 36.4 Å². The van der Waals surface area contributed by atoms with Gasteiger partial charge in [-0.1, -0.05) is 12.1 Å². The lowest BCUT2D eigenvalue weighted by molar-refractivity contribution is -0.112. The monoisotopic (exact) mass is 277 g/mol.